The van der Waals surface area contributed by atoms with Crippen LogP contribution in [0.15, 0.2) is 137 Å². The number of esters is 3. The summed E-state index contributed by atoms with van der Waals surface area (Å²) in [7, 11) is 0. The van der Waals surface area contributed by atoms with E-state index in [0.29, 0.717) is 39.0 Å². The predicted molar refractivity (Wildman–Crippen MR) is 281 cm³/mol. The minimum Gasteiger partial charge on any atom is -0.461 e. The molecule has 15 nitrogen and oxygen atoms in total. The molecule has 0 amide bonds. The Morgan fingerprint density at radius 1 is 0.493 bits per heavy atom. The van der Waals surface area contributed by atoms with Gasteiger partial charge in [-0.15, -0.1) is 30.6 Å². The van der Waals surface area contributed by atoms with Crippen LogP contribution in [0.3, 0.4) is 0 Å². The summed E-state index contributed by atoms with van der Waals surface area (Å²) < 4.78 is 23.0. The zero-order chi connectivity index (χ0) is 49.4. The lowest BCUT2D eigenvalue weighted by Crippen LogP contribution is -2.32. The van der Waals surface area contributed by atoms with Crippen LogP contribution < -0.4 is 0 Å². The number of aryl methyl sites for hydroxylation is 1. The number of hydrogen-bond donors (Lipinski definition) is 0. The van der Waals surface area contributed by atoms with E-state index in [9.17, 15) is 14.4 Å². The summed E-state index contributed by atoms with van der Waals surface area (Å²) in [5.41, 5.74) is 6.76. The van der Waals surface area contributed by atoms with E-state index in [-0.39, 0.29) is 30.5 Å². The Morgan fingerprint density at radius 3 is 1.34 bits per heavy atom. The monoisotopic (exact) mass is 1030 g/mol. The van der Waals surface area contributed by atoms with Gasteiger partial charge in [-0.1, -0.05) is 126 Å². The smallest absolute Gasteiger partial charge is 0.316 e. The number of carbonyl (C=O) groups is 3. The molecular weight excluding hydrogens is 979 g/mol. The molecule has 3 heterocycles. The number of carbonyl (C=O) groups excluding carboxylic acids is 3. The number of aromatic nitrogens is 9. The highest BCUT2D eigenvalue weighted by atomic mass is 32.2. The van der Waals surface area contributed by atoms with Crippen LogP contribution >= 0.6 is 35.3 Å². The molecule has 12 rings (SSSR count). The van der Waals surface area contributed by atoms with Gasteiger partial charge in [0.1, 0.15) is 31.7 Å². The Balaban J connectivity index is 0.717. The molecule has 73 heavy (non-hydrogen) atoms. The van der Waals surface area contributed by atoms with Gasteiger partial charge in [-0.25, -0.2) is 0 Å². The quantitative estimate of drug-likeness (QED) is 0.0401. The number of nitrogens with zero attached hydrogens (tertiary/aromatic N) is 9. The highest BCUT2D eigenvalue weighted by molar-refractivity contribution is 8.00. The molecule has 0 aliphatic heterocycles. The molecule has 368 valence electrons. The van der Waals surface area contributed by atoms with E-state index in [1.807, 2.05) is 44.9 Å². The molecule has 0 radical (unpaired) electrons. The number of benzene rings is 6. The average Bonchev–Trinajstić information content (AvgIpc) is 4.38. The summed E-state index contributed by atoms with van der Waals surface area (Å²) >= 11 is 3.54. The lowest BCUT2D eigenvalue weighted by molar-refractivity contribution is -0.163. The van der Waals surface area contributed by atoms with Crippen LogP contribution in [0, 0.1) is 6.92 Å². The SMILES string of the molecule is Cc1nnc(SCC(=O)OCC(COC(=O)CSc2nncn2-c2ccc(C3CC3)c3ccccc23)OC(=O)CSc2nncn2-c2ccc(C3CC3)c3ccccc23)n1-c1ccc(C2CC2)c2ccccc12. The first-order valence-electron chi connectivity index (χ1n) is 24.5. The highest BCUT2D eigenvalue weighted by Crippen LogP contribution is 2.46. The van der Waals surface area contributed by atoms with Gasteiger partial charge in [0.05, 0.1) is 34.3 Å². The summed E-state index contributed by atoms with van der Waals surface area (Å²) in [6, 6.07) is 37.7. The molecule has 1 unspecified atom stereocenters. The van der Waals surface area contributed by atoms with Crippen molar-refractivity contribution in [2.24, 2.45) is 0 Å². The van der Waals surface area contributed by atoms with Crippen molar-refractivity contribution < 1.29 is 28.6 Å². The lowest BCUT2D eigenvalue weighted by atomic mass is 9.99. The highest BCUT2D eigenvalue weighted by Gasteiger charge is 2.29. The fourth-order valence-electron chi connectivity index (χ4n) is 9.64. The standard InChI is InChI=1S/C55H49N9O6S3/c1-33-58-61-55(64(33)49-25-22-40(36-18-19-36)43-10-4-7-13-46(43)49)73-29-51(66)69-27-37(70-52(67)30-72-54-60-57-32-63(54)48-24-21-39(35-16-17-35)42-9-3-6-12-45(42)48)26-68-50(65)28-71-53-59-56-31-62(53)47-23-20-38(34-14-15-34)41-8-2-5-11-44(41)47/h2-13,20-25,31-32,34-37H,14-19,26-30H2,1H3. The first-order chi connectivity index (χ1) is 35.8. The molecule has 0 spiro atoms. The van der Waals surface area contributed by atoms with Gasteiger partial charge in [-0.3, -0.25) is 28.1 Å². The first-order valence-corrected chi connectivity index (χ1v) is 27.5. The largest absolute Gasteiger partial charge is 0.461 e. The van der Waals surface area contributed by atoms with Crippen molar-refractivity contribution in [3.8, 4) is 17.1 Å². The van der Waals surface area contributed by atoms with Gasteiger partial charge < -0.3 is 14.2 Å². The Bertz CT molecular complexity index is 3560. The van der Waals surface area contributed by atoms with Crippen LogP contribution in [-0.4, -0.2) is 98.8 Å². The van der Waals surface area contributed by atoms with E-state index < -0.39 is 24.0 Å². The average molecular weight is 1030 g/mol. The van der Waals surface area contributed by atoms with Gasteiger partial charge in [-0.05, 0) is 114 Å². The van der Waals surface area contributed by atoms with Gasteiger partial charge in [0.25, 0.3) is 0 Å². The van der Waals surface area contributed by atoms with E-state index in [2.05, 4.69) is 116 Å². The molecule has 0 bridgehead atoms. The molecule has 3 fully saturated rings. The summed E-state index contributed by atoms with van der Waals surface area (Å²) in [4.78, 5) is 40.5. The van der Waals surface area contributed by atoms with E-state index in [1.165, 1.54) is 107 Å². The minimum absolute atomic E-state index is 0.103. The number of fused-ring (bicyclic) bond motifs is 3. The Hall–Kier alpha value is -7.02. The van der Waals surface area contributed by atoms with Crippen molar-refractivity contribution in [3.63, 3.8) is 0 Å². The third kappa shape index (κ3) is 10.1. The van der Waals surface area contributed by atoms with Crippen molar-refractivity contribution in [2.45, 2.75) is 84.8 Å². The number of ether oxygens (including phenoxy) is 3. The van der Waals surface area contributed by atoms with E-state index in [1.54, 1.807) is 12.7 Å². The molecule has 6 aromatic carbocycles. The van der Waals surface area contributed by atoms with Crippen LogP contribution in [-0.2, 0) is 28.6 Å². The van der Waals surface area contributed by atoms with Crippen LogP contribution in [0.5, 0.6) is 0 Å². The number of thioether (sulfide) groups is 3. The molecule has 18 heteroatoms. The fraction of sp³-hybridized carbons (Fsp3) is 0.291. The summed E-state index contributed by atoms with van der Waals surface area (Å²) in [6.45, 7) is 1.17. The molecule has 3 aliphatic rings. The number of hydrogen-bond acceptors (Lipinski definition) is 15. The van der Waals surface area contributed by atoms with E-state index in [4.69, 9.17) is 14.2 Å². The Labute approximate surface area is 432 Å². The third-order valence-corrected chi connectivity index (χ3v) is 16.3. The summed E-state index contributed by atoms with van der Waals surface area (Å²) in [5.74, 6) is 0.285. The van der Waals surface area contributed by atoms with Crippen molar-refractivity contribution in [3.05, 3.63) is 144 Å². The van der Waals surface area contributed by atoms with Crippen LogP contribution in [0.2, 0.25) is 0 Å². The molecular formula is C55H49N9O6S3. The molecule has 0 N–H and O–H groups in total. The molecule has 9 aromatic rings. The van der Waals surface area contributed by atoms with Crippen molar-refractivity contribution in [2.75, 3.05) is 30.5 Å². The molecule has 3 saturated carbocycles. The maximum Gasteiger partial charge on any atom is 0.316 e. The number of rotatable bonds is 20. The first kappa shape index (κ1) is 47.0. The van der Waals surface area contributed by atoms with Crippen molar-refractivity contribution in [1.29, 1.82) is 0 Å². The third-order valence-electron chi connectivity index (χ3n) is 13.6. The second-order valence-corrected chi connectivity index (χ2v) is 21.5. The zero-order valence-electron chi connectivity index (χ0n) is 39.8. The summed E-state index contributed by atoms with van der Waals surface area (Å²) in [6.07, 6.45) is 9.29. The lowest BCUT2D eigenvalue weighted by Gasteiger charge is -2.18. The van der Waals surface area contributed by atoms with E-state index in [0.717, 1.165) is 33.2 Å². The Kier molecular flexibility index (Phi) is 13.2. The molecule has 3 aliphatic carbocycles. The fourth-order valence-corrected chi connectivity index (χ4v) is 11.8. The molecule has 0 saturated heterocycles. The van der Waals surface area contributed by atoms with Gasteiger partial charge >= 0.3 is 17.9 Å². The van der Waals surface area contributed by atoms with Crippen LogP contribution in [0.25, 0.3) is 49.4 Å². The topological polar surface area (TPSA) is 171 Å². The minimum atomic E-state index is -1.12. The Morgan fingerprint density at radius 2 is 0.890 bits per heavy atom. The van der Waals surface area contributed by atoms with Gasteiger partial charge in [0, 0.05) is 16.2 Å². The van der Waals surface area contributed by atoms with Crippen LogP contribution in [0.4, 0.5) is 0 Å². The summed E-state index contributed by atoms with van der Waals surface area (Å²) in [5, 5.41) is 34.2. The van der Waals surface area contributed by atoms with Gasteiger partial charge in [0.15, 0.2) is 21.6 Å². The predicted octanol–water partition coefficient (Wildman–Crippen LogP) is 10.5. The second kappa shape index (κ2) is 20.5. The van der Waals surface area contributed by atoms with Crippen LogP contribution in [0.1, 0.15) is 78.8 Å². The van der Waals surface area contributed by atoms with E-state index >= 15 is 0 Å². The molecule has 1 atom stereocenters. The maximum absolute atomic E-state index is 13.6. The second-order valence-electron chi connectivity index (χ2n) is 18.7. The molecule has 3 aromatic heterocycles. The normalized spacial score (nSPS) is 15.0. The van der Waals surface area contributed by atoms with Crippen molar-refractivity contribution >= 4 is 85.5 Å². The zero-order valence-corrected chi connectivity index (χ0v) is 42.3. The maximum atomic E-state index is 13.6. The van der Waals surface area contributed by atoms with Gasteiger partial charge in [-0.2, -0.15) is 0 Å². The van der Waals surface area contributed by atoms with Crippen molar-refractivity contribution in [1.82, 2.24) is 44.3 Å². The van der Waals surface area contributed by atoms with Gasteiger partial charge in [0.2, 0.25) is 0 Å².